The first-order chi connectivity index (χ1) is 12.0. The van der Waals surface area contributed by atoms with Crippen LogP contribution in [0.5, 0.6) is 5.75 Å². The molecule has 1 heterocycles. The van der Waals surface area contributed by atoms with Crippen molar-refractivity contribution in [3.05, 3.63) is 24.3 Å². The van der Waals surface area contributed by atoms with Crippen molar-refractivity contribution >= 4 is 15.9 Å². The van der Waals surface area contributed by atoms with E-state index in [9.17, 15) is 13.2 Å². The molecule has 1 aromatic rings. The van der Waals surface area contributed by atoms with E-state index in [2.05, 4.69) is 6.92 Å². The molecule has 2 fully saturated rings. The van der Waals surface area contributed by atoms with Crippen LogP contribution in [-0.4, -0.2) is 42.5 Å². The highest BCUT2D eigenvalue weighted by atomic mass is 32.2. The van der Waals surface area contributed by atoms with Gasteiger partial charge >= 0.3 is 0 Å². The molecule has 1 aliphatic heterocycles. The summed E-state index contributed by atoms with van der Waals surface area (Å²) in [6.45, 7) is 2.67. The summed E-state index contributed by atoms with van der Waals surface area (Å²) in [5.41, 5.74) is 1.62. The Balaban J connectivity index is 1.82. The SMILES string of the molecule is CCCCOc1ccc(S(=O)(=O)N2[C@H]3CC[C@H](C3)[C@@H]2C(=O)NO)cc1. The molecule has 0 radical (unpaired) electrons. The number of carbonyl (C=O) groups excluding carboxylic acids is 1. The van der Waals surface area contributed by atoms with Gasteiger partial charge in [-0.25, -0.2) is 13.9 Å². The maximum atomic E-state index is 13.1. The number of piperidine rings is 1. The average molecular weight is 368 g/mol. The number of nitrogens with zero attached hydrogens (tertiary/aromatic N) is 1. The van der Waals surface area contributed by atoms with E-state index in [4.69, 9.17) is 9.94 Å². The van der Waals surface area contributed by atoms with Gasteiger partial charge in [-0.1, -0.05) is 13.3 Å². The first-order valence-electron chi connectivity index (χ1n) is 8.69. The van der Waals surface area contributed by atoms with Crippen LogP contribution < -0.4 is 10.2 Å². The summed E-state index contributed by atoms with van der Waals surface area (Å²) in [7, 11) is -3.81. The second-order valence-electron chi connectivity index (χ2n) is 6.66. The Morgan fingerprint density at radius 2 is 2.04 bits per heavy atom. The summed E-state index contributed by atoms with van der Waals surface area (Å²) in [5, 5.41) is 8.98. The summed E-state index contributed by atoms with van der Waals surface area (Å²) in [6, 6.07) is 5.27. The van der Waals surface area contributed by atoms with Gasteiger partial charge in [0, 0.05) is 6.04 Å². The van der Waals surface area contributed by atoms with E-state index >= 15 is 0 Å². The van der Waals surface area contributed by atoms with Gasteiger partial charge in [-0.15, -0.1) is 0 Å². The van der Waals surface area contributed by atoms with Gasteiger partial charge in [-0.3, -0.25) is 10.0 Å². The Bertz CT molecular complexity index is 719. The molecule has 2 aliphatic rings. The maximum absolute atomic E-state index is 13.1. The van der Waals surface area contributed by atoms with Gasteiger partial charge in [0.25, 0.3) is 5.91 Å². The number of ether oxygens (including phenoxy) is 1. The topological polar surface area (TPSA) is 95.9 Å². The molecule has 0 unspecified atom stereocenters. The lowest BCUT2D eigenvalue weighted by molar-refractivity contribution is -0.134. The highest BCUT2D eigenvalue weighted by molar-refractivity contribution is 7.89. The van der Waals surface area contributed by atoms with E-state index in [0.717, 1.165) is 25.7 Å². The largest absolute Gasteiger partial charge is 0.494 e. The number of unbranched alkanes of at least 4 members (excludes halogenated alkanes) is 1. The smallest absolute Gasteiger partial charge is 0.262 e. The minimum atomic E-state index is -3.81. The zero-order valence-electron chi connectivity index (χ0n) is 14.2. The van der Waals surface area contributed by atoms with Gasteiger partial charge in [-0.2, -0.15) is 4.31 Å². The Morgan fingerprint density at radius 3 is 2.68 bits per heavy atom. The second kappa shape index (κ2) is 7.31. The van der Waals surface area contributed by atoms with Crippen LogP contribution in [0.4, 0.5) is 0 Å². The lowest BCUT2D eigenvalue weighted by Gasteiger charge is -2.32. The van der Waals surface area contributed by atoms with Gasteiger partial charge in [0.05, 0.1) is 11.5 Å². The first-order valence-corrected chi connectivity index (χ1v) is 10.1. The minimum absolute atomic E-state index is 0.0384. The number of rotatable bonds is 7. The van der Waals surface area contributed by atoms with Gasteiger partial charge in [0.15, 0.2) is 0 Å². The second-order valence-corrected chi connectivity index (χ2v) is 8.50. The molecule has 138 valence electrons. The van der Waals surface area contributed by atoms with Crippen molar-refractivity contribution in [3.63, 3.8) is 0 Å². The fraction of sp³-hybridized carbons (Fsp3) is 0.588. The van der Waals surface area contributed by atoms with E-state index in [1.807, 2.05) is 0 Å². The Labute approximate surface area is 148 Å². The zero-order chi connectivity index (χ0) is 18.0. The van der Waals surface area contributed by atoms with Crippen LogP contribution in [-0.2, 0) is 14.8 Å². The molecule has 1 saturated heterocycles. The molecule has 3 rings (SSSR count). The number of benzene rings is 1. The summed E-state index contributed by atoms with van der Waals surface area (Å²) >= 11 is 0. The third-order valence-electron chi connectivity index (χ3n) is 5.07. The average Bonchev–Trinajstić information content (AvgIpc) is 3.23. The van der Waals surface area contributed by atoms with E-state index in [1.165, 1.54) is 16.4 Å². The summed E-state index contributed by atoms with van der Waals surface area (Å²) in [5.74, 6) is -0.0705. The molecule has 0 spiro atoms. The molecule has 0 aromatic heterocycles. The van der Waals surface area contributed by atoms with Crippen molar-refractivity contribution in [2.24, 2.45) is 5.92 Å². The van der Waals surface area contributed by atoms with Crippen LogP contribution in [0.25, 0.3) is 0 Å². The third-order valence-corrected chi connectivity index (χ3v) is 7.02. The van der Waals surface area contributed by atoms with Crippen LogP contribution in [0.1, 0.15) is 39.0 Å². The van der Waals surface area contributed by atoms with Crippen LogP contribution in [0.3, 0.4) is 0 Å². The minimum Gasteiger partial charge on any atom is -0.494 e. The summed E-state index contributed by atoms with van der Waals surface area (Å²) in [4.78, 5) is 12.1. The van der Waals surface area contributed by atoms with E-state index in [1.54, 1.807) is 17.6 Å². The Kier molecular flexibility index (Phi) is 5.31. The van der Waals surface area contributed by atoms with Crippen molar-refractivity contribution in [1.29, 1.82) is 0 Å². The highest BCUT2D eigenvalue weighted by Crippen LogP contribution is 2.45. The summed E-state index contributed by atoms with van der Waals surface area (Å²) < 4.78 is 32.9. The molecule has 2 bridgehead atoms. The predicted octanol–water partition coefficient (Wildman–Crippen LogP) is 1.91. The molecule has 1 saturated carbocycles. The monoisotopic (exact) mass is 368 g/mol. The third kappa shape index (κ3) is 3.38. The van der Waals surface area contributed by atoms with Crippen LogP contribution in [0.2, 0.25) is 0 Å². The molecule has 1 aliphatic carbocycles. The predicted molar refractivity (Wildman–Crippen MR) is 90.7 cm³/mol. The van der Waals surface area contributed by atoms with Crippen molar-refractivity contribution in [2.45, 2.75) is 56.0 Å². The molecule has 7 nitrogen and oxygen atoms in total. The van der Waals surface area contributed by atoms with Crippen LogP contribution in [0, 0.1) is 5.92 Å². The molecule has 8 heteroatoms. The number of hydroxylamine groups is 1. The molecule has 2 N–H and O–H groups in total. The van der Waals surface area contributed by atoms with E-state index in [-0.39, 0.29) is 16.9 Å². The van der Waals surface area contributed by atoms with Crippen LogP contribution >= 0.6 is 0 Å². The lowest BCUT2D eigenvalue weighted by Crippen LogP contribution is -2.52. The van der Waals surface area contributed by atoms with Crippen LogP contribution in [0.15, 0.2) is 29.2 Å². The van der Waals surface area contributed by atoms with E-state index in [0.29, 0.717) is 18.8 Å². The zero-order valence-corrected chi connectivity index (χ0v) is 15.0. The lowest BCUT2D eigenvalue weighted by atomic mass is 10.00. The first kappa shape index (κ1) is 18.2. The maximum Gasteiger partial charge on any atom is 0.262 e. The number of sulfonamides is 1. The molecule has 1 amide bonds. The van der Waals surface area contributed by atoms with Gasteiger partial charge in [-0.05, 0) is 55.9 Å². The number of hydrogen-bond donors (Lipinski definition) is 2. The fourth-order valence-corrected chi connectivity index (χ4v) is 5.72. The molecule has 3 atom stereocenters. The number of hydrogen-bond acceptors (Lipinski definition) is 5. The number of amides is 1. The number of carbonyl (C=O) groups is 1. The van der Waals surface area contributed by atoms with Gasteiger partial charge in [0.2, 0.25) is 10.0 Å². The van der Waals surface area contributed by atoms with Gasteiger partial charge in [0.1, 0.15) is 11.8 Å². The van der Waals surface area contributed by atoms with Crippen molar-refractivity contribution in [2.75, 3.05) is 6.61 Å². The highest BCUT2D eigenvalue weighted by Gasteiger charge is 2.54. The quantitative estimate of drug-likeness (QED) is 0.435. The molecule has 1 aromatic carbocycles. The van der Waals surface area contributed by atoms with Crippen molar-refractivity contribution < 1.29 is 23.2 Å². The van der Waals surface area contributed by atoms with Crippen molar-refractivity contribution in [3.8, 4) is 5.75 Å². The number of fused-ring (bicyclic) bond motifs is 2. The Hall–Kier alpha value is -1.64. The Morgan fingerprint density at radius 1 is 1.32 bits per heavy atom. The standard InChI is InChI=1S/C17H24N2O5S/c1-2-3-10-24-14-6-8-15(9-7-14)25(22,23)19-13-5-4-12(11-13)16(19)17(20)18-21/h6-9,12-13,16,21H,2-5,10-11H2,1H3,(H,18,20)/t12-,13+,16-/m1/s1. The molecule has 25 heavy (non-hydrogen) atoms. The van der Waals surface area contributed by atoms with Gasteiger partial charge < -0.3 is 4.74 Å². The molecular formula is C17H24N2O5S. The number of nitrogens with one attached hydrogen (secondary N) is 1. The normalized spacial score (nSPS) is 25.9. The van der Waals surface area contributed by atoms with E-state index < -0.39 is 22.0 Å². The summed E-state index contributed by atoms with van der Waals surface area (Å²) in [6.07, 6.45) is 4.18. The van der Waals surface area contributed by atoms with Crippen molar-refractivity contribution in [1.82, 2.24) is 9.79 Å². The fourth-order valence-electron chi connectivity index (χ4n) is 3.85. The molecular weight excluding hydrogens is 344 g/mol.